The minimum absolute atomic E-state index is 0.0550. The van der Waals surface area contributed by atoms with Crippen LogP contribution in [-0.4, -0.2) is 81.6 Å². The summed E-state index contributed by atoms with van der Waals surface area (Å²) in [4.78, 5) is 72.0. The molecule has 0 aliphatic heterocycles. The quantitative estimate of drug-likeness (QED) is 0.102. The Hall–Kier alpha value is -4.24. The van der Waals surface area contributed by atoms with Crippen LogP contribution in [0.1, 0.15) is 31.2 Å². The number of nitrogens with two attached hydrogens (primary N) is 3. The van der Waals surface area contributed by atoms with Gasteiger partial charge in [0.2, 0.25) is 29.5 Å². The predicted octanol–water partition coefficient (Wildman–Crippen LogP) is -3.68. The van der Waals surface area contributed by atoms with E-state index in [1.807, 2.05) is 0 Å². The van der Waals surface area contributed by atoms with E-state index < -0.39 is 66.3 Å². The van der Waals surface area contributed by atoms with E-state index in [1.54, 1.807) is 0 Å². The van der Waals surface area contributed by atoms with Gasteiger partial charge in [-0.15, -0.1) is 0 Å². The number of hydrogen-bond acceptors (Lipinski definition) is 9. The summed E-state index contributed by atoms with van der Waals surface area (Å²) in [6, 6.07) is 0.00129. The Morgan fingerprint density at radius 1 is 0.757 bits per heavy atom. The number of aliphatic carboxylic acids is 1. The summed E-state index contributed by atoms with van der Waals surface area (Å²) in [6.45, 7) is -0.718. The molecule has 1 rings (SSSR count). The Labute approximate surface area is 211 Å². The predicted molar refractivity (Wildman–Crippen MR) is 127 cm³/mol. The second kappa shape index (κ2) is 15.0. The molecule has 0 fully saturated rings. The molecule has 15 nitrogen and oxygen atoms in total. The molecule has 0 aliphatic carbocycles. The molecule has 15 heteroatoms. The number of aliphatic hydroxyl groups excluding tert-OH is 1. The lowest BCUT2D eigenvalue weighted by molar-refractivity contribution is -0.142. The second-order valence-electron chi connectivity index (χ2n) is 8.19. The number of hydrogen-bond donors (Lipinski definition) is 9. The fourth-order valence-electron chi connectivity index (χ4n) is 3.08. The van der Waals surface area contributed by atoms with E-state index >= 15 is 0 Å². The fraction of sp³-hybridized carbons (Fsp3) is 0.455. The second-order valence-corrected chi connectivity index (χ2v) is 8.19. The van der Waals surface area contributed by atoms with Gasteiger partial charge in [-0.2, -0.15) is 0 Å². The van der Waals surface area contributed by atoms with E-state index in [1.165, 1.54) is 24.3 Å². The van der Waals surface area contributed by atoms with Crippen LogP contribution < -0.4 is 33.2 Å². The minimum Gasteiger partial charge on any atom is -0.508 e. The molecular weight excluding hydrogens is 492 g/mol. The summed E-state index contributed by atoms with van der Waals surface area (Å²) in [5.74, 6) is -5.77. The van der Waals surface area contributed by atoms with Crippen molar-refractivity contribution in [3.05, 3.63) is 29.8 Å². The number of primary amides is 2. The summed E-state index contributed by atoms with van der Waals surface area (Å²) in [7, 11) is 0. The highest BCUT2D eigenvalue weighted by atomic mass is 16.4. The first kappa shape index (κ1) is 30.8. The molecule has 0 bridgehead atoms. The van der Waals surface area contributed by atoms with Crippen LogP contribution in [-0.2, 0) is 35.2 Å². The minimum atomic E-state index is -1.49. The number of phenols is 1. The maximum absolute atomic E-state index is 13.0. The zero-order valence-electron chi connectivity index (χ0n) is 19.9. The molecule has 0 radical (unpaired) electrons. The van der Waals surface area contributed by atoms with Gasteiger partial charge in [0.1, 0.15) is 29.9 Å². The van der Waals surface area contributed by atoms with Gasteiger partial charge in [-0.25, -0.2) is 4.79 Å². The number of carbonyl (C=O) groups is 6. The van der Waals surface area contributed by atoms with Gasteiger partial charge in [0.05, 0.1) is 6.61 Å². The van der Waals surface area contributed by atoms with Crippen molar-refractivity contribution in [1.82, 2.24) is 16.0 Å². The topological polar surface area (TPSA) is 277 Å². The molecule has 1 aromatic rings. The number of carbonyl (C=O) groups excluding carboxylic acids is 5. The number of rotatable bonds is 16. The van der Waals surface area contributed by atoms with Crippen LogP contribution >= 0.6 is 0 Å². The average Bonchev–Trinajstić information content (AvgIpc) is 2.83. The van der Waals surface area contributed by atoms with Crippen LogP contribution in [0, 0.1) is 0 Å². The third kappa shape index (κ3) is 11.4. The summed E-state index contributed by atoms with van der Waals surface area (Å²) in [5.41, 5.74) is 16.1. The van der Waals surface area contributed by atoms with Crippen LogP contribution in [0.4, 0.5) is 0 Å². The largest absolute Gasteiger partial charge is 0.508 e. The number of benzene rings is 1. The molecular formula is C22H32N6O9. The lowest BCUT2D eigenvalue weighted by atomic mass is 10.0. The molecule has 4 unspecified atom stereocenters. The van der Waals surface area contributed by atoms with Crippen molar-refractivity contribution in [2.24, 2.45) is 17.2 Å². The summed E-state index contributed by atoms with van der Waals surface area (Å²) in [5, 5.41) is 34.9. The molecule has 204 valence electrons. The van der Waals surface area contributed by atoms with Gasteiger partial charge in [-0.3, -0.25) is 24.0 Å². The Morgan fingerprint density at radius 2 is 1.22 bits per heavy atom. The summed E-state index contributed by atoms with van der Waals surface area (Å²) in [6.07, 6.45) is -1.34. The molecule has 0 spiro atoms. The lowest BCUT2D eigenvalue weighted by Crippen LogP contribution is -2.58. The van der Waals surface area contributed by atoms with E-state index in [0.717, 1.165) is 0 Å². The van der Waals surface area contributed by atoms with Gasteiger partial charge >= 0.3 is 5.97 Å². The fourth-order valence-corrected chi connectivity index (χ4v) is 3.08. The van der Waals surface area contributed by atoms with E-state index in [0.29, 0.717) is 5.56 Å². The number of carboxylic acids is 1. The molecule has 0 saturated carbocycles. The number of aliphatic hydroxyl groups is 1. The van der Waals surface area contributed by atoms with E-state index in [9.17, 15) is 39.0 Å². The standard InChI is InChI=1S/C22H32N6O9/c23-13(10-29)19(33)26-14(5-7-17(24)31)20(34)28-16(9-11-1-3-12(30)4-2-11)21(35)27-15(22(36)37)6-8-18(25)32/h1-4,13-16,29-30H,5-10,23H2,(H2,24,31)(H2,25,32)(H,26,33)(H,27,35)(H,28,34)(H,36,37). The maximum atomic E-state index is 13.0. The third-order valence-corrected chi connectivity index (χ3v) is 5.15. The monoisotopic (exact) mass is 524 g/mol. The van der Waals surface area contributed by atoms with Crippen LogP contribution in [0.2, 0.25) is 0 Å². The zero-order valence-corrected chi connectivity index (χ0v) is 19.9. The van der Waals surface area contributed by atoms with Crippen LogP contribution in [0.25, 0.3) is 0 Å². The number of phenolic OH excluding ortho intramolecular Hbond substituents is 1. The normalized spacial score (nSPS) is 13.9. The molecule has 0 saturated heterocycles. The van der Waals surface area contributed by atoms with Gasteiger partial charge in [0.25, 0.3) is 0 Å². The van der Waals surface area contributed by atoms with Gasteiger partial charge < -0.3 is 48.5 Å². The number of carboxylic acid groups (broad SMARTS) is 1. The Bertz CT molecular complexity index is 985. The van der Waals surface area contributed by atoms with Crippen molar-refractivity contribution in [3.8, 4) is 5.75 Å². The van der Waals surface area contributed by atoms with E-state index in [2.05, 4.69) is 16.0 Å². The van der Waals surface area contributed by atoms with Crippen molar-refractivity contribution in [3.63, 3.8) is 0 Å². The first-order valence-electron chi connectivity index (χ1n) is 11.2. The first-order chi connectivity index (χ1) is 17.3. The highest BCUT2D eigenvalue weighted by molar-refractivity contribution is 5.94. The molecule has 1 aromatic carbocycles. The SMILES string of the molecule is NC(=O)CCC(NC(=O)C(Cc1ccc(O)cc1)NC(=O)C(CCC(N)=O)NC(=O)C(N)CO)C(=O)O. The van der Waals surface area contributed by atoms with Crippen molar-refractivity contribution in [1.29, 1.82) is 0 Å². The van der Waals surface area contributed by atoms with E-state index in [-0.39, 0.29) is 37.9 Å². The number of aromatic hydroxyl groups is 1. The highest BCUT2D eigenvalue weighted by Gasteiger charge is 2.30. The molecule has 0 aliphatic rings. The van der Waals surface area contributed by atoms with Gasteiger partial charge in [0.15, 0.2) is 0 Å². The van der Waals surface area contributed by atoms with Gasteiger partial charge in [-0.05, 0) is 30.5 Å². The van der Waals surface area contributed by atoms with Crippen molar-refractivity contribution in [2.75, 3.05) is 6.61 Å². The van der Waals surface area contributed by atoms with Crippen LogP contribution in [0.5, 0.6) is 5.75 Å². The molecule has 37 heavy (non-hydrogen) atoms. The van der Waals surface area contributed by atoms with Crippen molar-refractivity contribution >= 4 is 35.5 Å². The lowest BCUT2D eigenvalue weighted by Gasteiger charge is -2.25. The van der Waals surface area contributed by atoms with Gasteiger partial charge in [-0.1, -0.05) is 12.1 Å². The molecule has 0 aromatic heterocycles. The Morgan fingerprint density at radius 3 is 1.70 bits per heavy atom. The number of nitrogens with one attached hydrogen (secondary N) is 3. The Balaban J connectivity index is 3.17. The van der Waals surface area contributed by atoms with Crippen LogP contribution in [0.3, 0.4) is 0 Å². The van der Waals surface area contributed by atoms with Crippen molar-refractivity contribution < 1.29 is 44.1 Å². The van der Waals surface area contributed by atoms with Gasteiger partial charge in [0, 0.05) is 19.3 Å². The zero-order chi connectivity index (χ0) is 28.1. The molecule has 0 heterocycles. The molecule has 5 amide bonds. The summed E-state index contributed by atoms with van der Waals surface area (Å²) < 4.78 is 0. The third-order valence-electron chi connectivity index (χ3n) is 5.15. The highest BCUT2D eigenvalue weighted by Crippen LogP contribution is 2.12. The average molecular weight is 525 g/mol. The molecule has 4 atom stereocenters. The summed E-state index contributed by atoms with van der Waals surface area (Å²) >= 11 is 0. The smallest absolute Gasteiger partial charge is 0.326 e. The maximum Gasteiger partial charge on any atom is 0.326 e. The van der Waals surface area contributed by atoms with E-state index in [4.69, 9.17) is 22.3 Å². The number of amides is 5. The van der Waals surface area contributed by atoms with Crippen LogP contribution in [0.15, 0.2) is 24.3 Å². The van der Waals surface area contributed by atoms with Crippen molar-refractivity contribution in [2.45, 2.75) is 56.3 Å². The molecule has 12 N–H and O–H groups in total. The first-order valence-corrected chi connectivity index (χ1v) is 11.2. The Kier molecular flexibility index (Phi) is 12.5.